The number of rotatable bonds is 6. The Morgan fingerprint density at radius 3 is 2.50 bits per heavy atom. The first-order valence-electron chi connectivity index (χ1n) is 6.37. The predicted octanol–water partition coefficient (Wildman–Crippen LogP) is 2.14. The minimum Gasteiger partial charge on any atom is -0.392 e. The fourth-order valence-electron chi connectivity index (χ4n) is 1.96. The van der Waals surface area contributed by atoms with Crippen molar-refractivity contribution in [1.29, 1.82) is 0 Å². The number of nitrogens with zero attached hydrogens (tertiary/aromatic N) is 1. The summed E-state index contributed by atoms with van der Waals surface area (Å²) >= 11 is 0. The van der Waals surface area contributed by atoms with E-state index in [1.165, 1.54) is 11.3 Å². The molecule has 96 valence electrons. The summed E-state index contributed by atoms with van der Waals surface area (Å²) in [6.07, 6.45) is 2.10. The first-order valence-corrected chi connectivity index (χ1v) is 6.37. The summed E-state index contributed by atoms with van der Waals surface area (Å²) in [6, 6.07) is 12.3. The molecule has 3 nitrogen and oxygen atoms in total. The van der Waals surface area contributed by atoms with Gasteiger partial charge in [0.1, 0.15) is 0 Å². The zero-order valence-electron chi connectivity index (χ0n) is 10.8. The maximum absolute atomic E-state index is 9.01. The van der Waals surface area contributed by atoms with Gasteiger partial charge in [-0.1, -0.05) is 31.2 Å². The van der Waals surface area contributed by atoms with Gasteiger partial charge in [0.05, 0.1) is 6.61 Å². The second-order valence-corrected chi connectivity index (χ2v) is 4.38. The highest BCUT2D eigenvalue weighted by Crippen LogP contribution is 2.09. The number of nitrogens with one attached hydrogen (secondary N) is 1. The van der Waals surface area contributed by atoms with Crippen LogP contribution in [0.3, 0.4) is 0 Å². The number of aromatic nitrogens is 1. The molecule has 1 heterocycles. The molecule has 1 aromatic heterocycles. The van der Waals surface area contributed by atoms with Crippen LogP contribution in [0.25, 0.3) is 0 Å². The van der Waals surface area contributed by atoms with Gasteiger partial charge in [-0.05, 0) is 29.8 Å². The molecule has 3 heteroatoms. The van der Waals surface area contributed by atoms with E-state index >= 15 is 0 Å². The van der Waals surface area contributed by atoms with Crippen LogP contribution in [0.15, 0.2) is 42.6 Å². The highest BCUT2D eigenvalue weighted by molar-refractivity contribution is 5.23. The Morgan fingerprint density at radius 1 is 1.11 bits per heavy atom. The second-order valence-electron chi connectivity index (χ2n) is 4.38. The van der Waals surface area contributed by atoms with E-state index in [1.807, 2.05) is 12.1 Å². The van der Waals surface area contributed by atoms with Crippen LogP contribution >= 0.6 is 0 Å². The topological polar surface area (TPSA) is 37.2 Å². The number of benzene rings is 1. The van der Waals surface area contributed by atoms with Crippen LogP contribution < -0.4 is 5.32 Å². The van der Waals surface area contributed by atoms with Gasteiger partial charge < -0.3 is 15.0 Å². The molecule has 2 rings (SSSR count). The normalized spacial score (nSPS) is 10.8. The van der Waals surface area contributed by atoms with Crippen molar-refractivity contribution in [3.05, 3.63) is 59.4 Å². The molecule has 2 N–H and O–H groups in total. The second kappa shape index (κ2) is 6.38. The van der Waals surface area contributed by atoms with Crippen molar-refractivity contribution in [2.45, 2.75) is 26.6 Å². The molecule has 2 aromatic rings. The van der Waals surface area contributed by atoms with Crippen LogP contribution in [-0.4, -0.2) is 16.2 Å². The van der Waals surface area contributed by atoms with Crippen molar-refractivity contribution < 1.29 is 5.11 Å². The Bertz CT molecular complexity index is 473. The largest absolute Gasteiger partial charge is 0.392 e. The zero-order chi connectivity index (χ0) is 12.8. The Balaban J connectivity index is 2.05. The van der Waals surface area contributed by atoms with Gasteiger partial charge in [-0.15, -0.1) is 0 Å². The van der Waals surface area contributed by atoms with Gasteiger partial charge in [-0.3, -0.25) is 0 Å². The molecule has 18 heavy (non-hydrogen) atoms. The lowest BCUT2D eigenvalue weighted by Crippen LogP contribution is -2.15. The first kappa shape index (κ1) is 12.9. The van der Waals surface area contributed by atoms with Gasteiger partial charge in [-0.2, -0.15) is 0 Å². The molecular weight excluding hydrogens is 224 g/mol. The molecular formula is C15H20N2O. The molecule has 0 saturated heterocycles. The molecule has 0 radical (unpaired) electrons. The Labute approximate surface area is 108 Å². The summed E-state index contributed by atoms with van der Waals surface area (Å²) in [7, 11) is 0. The van der Waals surface area contributed by atoms with Crippen LogP contribution in [0.2, 0.25) is 0 Å². The third-order valence-corrected chi connectivity index (χ3v) is 3.04. The van der Waals surface area contributed by atoms with Crippen molar-refractivity contribution in [3.8, 4) is 0 Å². The molecule has 0 unspecified atom stereocenters. The lowest BCUT2D eigenvalue weighted by molar-refractivity contribution is 0.282. The molecule has 0 aliphatic rings. The van der Waals surface area contributed by atoms with E-state index in [2.05, 4.69) is 47.3 Å². The molecule has 0 bridgehead atoms. The Kier molecular flexibility index (Phi) is 4.56. The number of hydrogen-bond donors (Lipinski definition) is 2. The lowest BCUT2D eigenvalue weighted by atomic mass is 10.1. The van der Waals surface area contributed by atoms with Gasteiger partial charge in [-0.25, -0.2) is 0 Å². The zero-order valence-corrected chi connectivity index (χ0v) is 10.8. The minimum atomic E-state index is 0.107. The monoisotopic (exact) mass is 244 g/mol. The lowest BCUT2D eigenvalue weighted by Gasteiger charge is -2.10. The van der Waals surface area contributed by atoms with E-state index in [0.717, 1.165) is 25.2 Å². The highest BCUT2D eigenvalue weighted by Gasteiger charge is 2.01. The van der Waals surface area contributed by atoms with Crippen molar-refractivity contribution >= 4 is 0 Å². The molecule has 0 saturated carbocycles. The van der Waals surface area contributed by atoms with Crippen molar-refractivity contribution in [1.82, 2.24) is 9.88 Å². The van der Waals surface area contributed by atoms with Crippen LogP contribution in [-0.2, 0) is 19.7 Å². The van der Waals surface area contributed by atoms with Crippen molar-refractivity contribution in [3.63, 3.8) is 0 Å². The summed E-state index contributed by atoms with van der Waals surface area (Å²) in [4.78, 5) is 0. The van der Waals surface area contributed by atoms with Crippen molar-refractivity contribution in [2.75, 3.05) is 6.54 Å². The molecule has 1 aromatic carbocycles. The van der Waals surface area contributed by atoms with Gasteiger partial charge >= 0.3 is 0 Å². The average Bonchev–Trinajstić information content (AvgIpc) is 2.84. The summed E-state index contributed by atoms with van der Waals surface area (Å²) in [5, 5.41) is 12.4. The number of hydrogen-bond acceptors (Lipinski definition) is 2. The first-order chi connectivity index (χ1) is 8.83. The highest BCUT2D eigenvalue weighted by atomic mass is 16.3. The smallest absolute Gasteiger partial charge is 0.0681 e. The Morgan fingerprint density at radius 2 is 1.83 bits per heavy atom. The number of aliphatic hydroxyl groups is 1. The van der Waals surface area contributed by atoms with Gasteiger partial charge in [0, 0.05) is 25.0 Å². The average molecular weight is 244 g/mol. The molecule has 0 aliphatic heterocycles. The molecule has 0 atom stereocenters. The van der Waals surface area contributed by atoms with Crippen LogP contribution in [0.5, 0.6) is 0 Å². The molecule has 0 amide bonds. The van der Waals surface area contributed by atoms with E-state index in [1.54, 1.807) is 0 Å². The summed E-state index contributed by atoms with van der Waals surface area (Å²) in [5.41, 5.74) is 3.50. The quantitative estimate of drug-likeness (QED) is 0.817. The molecule has 0 aliphatic carbocycles. The summed E-state index contributed by atoms with van der Waals surface area (Å²) in [5.74, 6) is 0. The molecule has 0 spiro atoms. The summed E-state index contributed by atoms with van der Waals surface area (Å²) < 4.78 is 2.25. The van der Waals surface area contributed by atoms with Gasteiger partial charge in [0.15, 0.2) is 0 Å². The van der Waals surface area contributed by atoms with Crippen LogP contribution in [0, 0.1) is 0 Å². The van der Waals surface area contributed by atoms with Crippen molar-refractivity contribution in [2.24, 2.45) is 0 Å². The van der Waals surface area contributed by atoms with E-state index in [4.69, 9.17) is 5.11 Å². The van der Waals surface area contributed by atoms with E-state index in [-0.39, 0.29) is 6.61 Å². The van der Waals surface area contributed by atoms with Gasteiger partial charge in [0.2, 0.25) is 0 Å². The third-order valence-electron chi connectivity index (χ3n) is 3.04. The predicted molar refractivity (Wildman–Crippen MR) is 73.3 cm³/mol. The van der Waals surface area contributed by atoms with Crippen LogP contribution in [0.4, 0.5) is 0 Å². The maximum atomic E-state index is 9.01. The van der Waals surface area contributed by atoms with Gasteiger partial charge in [0.25, 0.3) is 0 Å². The minimum absolute atomic E-state index is 0.107. The van der Waals surface area contributed by atoms with Crippen LogP contribution in [0.1, 0.15) is 23.7 Å². The maximum Gasteiger partial charge on any atom is 0.0681 e. The Hall–Kier alpha value is -1.58. The van der Waals surface area contributed by atoms with E-state index < -0.39 is 0 Å². The fourth-order valence-corrected chi connectivity index (χ4v) is 1.96. The van der Waals surface area contributed by atoms with E-state index in [0.29, 0.717) is 0 Å². The summed E-state index contributed by atoms with van der Waals surface area (Å²) in [6.45, 7) is 4.98. The standard InChI is InChI=1S/C15H20N2O/c1-2-16-10-15-4-3-9-17(15)11-13-5-7-14(12-18)8-6-13/h3-9,16,18H,2,10-12H2,1H3. The molecule has 0 fully saturated rings. The van der Waals surface area contributed by atoms with E-state index in [9.17, 15) is 0 Å². The fraction of sp³-hybridized carbons (Fsp3) is 0.333. The third kappa shape index (κ3) is 3.22. The number of aliphatic hydroxyl groups excluding tert-OH is 1. The SMILES string of the molecule is CCNCc1cccn1Cc1ccc(CO)cc1.